The molecule has 1 unspecified atom stereocenters. The molecule has 43 heavy (non-hydrogen) atoms. The lowest BCUT2D eigenvalue weighted by Crippen LogP contribution is -2.13. The Morgan fingerprint density at radius 2 is 1.23 bits per heavy atom. The second-order valence-corrected chi connectivity index (χ2v) is 11.0. The van der Waals surface area contributed by atoms with Gasteiger partial charge in [-0.05, 0) is 68.3 Å². The molecule has 0 aliphatic rings. The number of rotatable bonds is 9. The number of thiazole rings is 1. The molecular formula is C34H30N8S. The normalized spacial score (nSPS) is 12.7. The predicted molar refractivity (Wildman–Crippen MR) is 177 cm³/mol. The van der Waals surface area contributed by atoms with Gasteiger partial charge in [-0.2, -0.15) is 5.11 Å². The molecule has 9 heteroatoms. The van der Waals surface area contributed by atoms with Crippen LogP contribution >= 0.6 is 11.3 Å². The van der Waals surface area contributed by atoms with Crippen molar-refractivity contribution >= 4 is 72.1 Å². The van der Waals surface area contributed by atoms with Crippen molar-refractivity contribution in [2.24, 2.45) is 30.7 Å². The number of nitrogens with one attached hydrogen (secondary N) is 1. The fourth-order valence-electron chi connectivity index (χ4n) is 4.70. The Balaban J connectivity index is 1.27. The molecule has 6 aromatic rings. The third-order valence-corrected chi connectivity index (χ3v) is 7.83. The van der Waals surface area contributed by atoms with E-state index in [1.54, 1.807) is 6.20 Å². The SMILES string of the molecule is CCC(C)Nc1ccc(N=Nc2ccc(N=Nc3ccc(N=Nc4nccs4)c(C)c3)c3ccccc23)c2ccccc12. The lowest BCUT2D eigenvalue weighted by Gasteiger charge is -2.15. The summed E-state index contributed by atoms with van der Waals surface area (Å²) in [5, 5.41) is 37.2. The summed E-state index contributed by atoms with van der Waals surface area (Å²) in [6.45, 7) is 6.34. The van der Waals surface area contributed by atoms with Gasteiger partial charge in [0.05, 0.1) is 28.4 Å². The Kier molecular flexibility index (Phi) is 8.33. The minimum atomic E-state index is 0.382. The molecule has 0 radical (unpaired) electrons. The van der Waals surface area contributed by atoms with Gasteiger partial charge in [0, 0.05) is 44.9 Å². The van der Waals surface area contributed by atoms with Gasteiger partial charge in [-0.25, -0.2) is 4.98 Å². The fourth-order valence-corrected chi connectivity index (χ4v) is 5.15. The summed E-state index contributed by atoms with van der Waals surface area (Å²) in [6.07, 6.45) is 2.76. The molecule has 0 spiro atoms. The van der Waals surface area contributed by atoms with Gasteiger partial charge in [-0.1, -0.05) is 55.5 Å². The van der Waals surface area contributed by atoms with Gasteiger partial charge in [0.2, 0.25) is 5.13 Å². The van der Waals surface area contributed by atoms with Gasteiger partial charge in [0.15, 0.2) is 0 Å². The van der Waals surface area contributed by atoms with Crippen molar-refractivity contribution in [1.29, 1.82) is 0 Å². The van der Waals surface area contributed by atoms with E-state index in [-0.39, 0.29) is 0 Å². The van der Waals surface area contributed by atoms with Gasteiger partial charge in [-0.15, -0.1) is 36.9 Å². The predicted octanol–water partition coefficient (Wildman–Crippen LogP) is 12.2. The third-order valence-electron chi connectivity index (χ3n) is 7.17. The standard InChI is InChI=1S/C34H30N8S/c1-4-23(3)36-30-15-16-32(26-10-6-5-9-25(26)30)40-41-33-18-17-31(27-11-7-8-12-28(27)33)39-37-24-13-14-29(22(2)21-24)38-42-34-35-19-20-43-34/h5-21,23,36H,4H2,1-3H3. The highest BCUT2D eigenvalue weighted by Crippen LogP contribution is 2.37. The molecule has 8 nitrogen and oxygen atoms in total. The van der Waals surface area contributed by atoms with Crippen LogP contribution in [-0.2, 0) is 0 Å². The molecule has 0 fully saturated rings. The zero-order chi connectivity index (χ0) is 29.6. The van der Waals surface area contributed by atoms with Gasteiger partial charge in [0.25, 0.3) is 0 Å². The topological polar surface area (TPSA) is 99.1 Å². The second kappa shape index (κ2) is 12.8. The Bertz CT molecular complexity index is 1980. The first-order valence-electron chi connectivity index (χ1n) is 14.1. The molecule has 0 saturated carbocycles. The molecule has 6 rings (SSSR count). The maximum absolute atomic E-state index is 4.69. The molecule has 0 saturated heterocycles. The van der Waals surface area contributed by atoms with Crippen LogP contribution in [0.1, 0.15) is 25.8 Å². The number of benzene rings is 5. The lowest BCUT2D eigenvalue weighted by molar-refractivity contribution is 0.765. The van der Waals surface area contributed by atoms with Crippen molar-refractivity contribution in [2.75, 3.05) is 5.32 Å². The van der Waals surface area contributed by atoms with Crippen LogP contribution in [0.4, 0.5) is 39.3 Å². The molecule has 1 heterocycles. The zero-order valence-electron chi connectivity index (χ0n) is 24.1. The van der Waals surface area contributed by atoms with E-state index < -0.39 is 0 Å². The molecule has 1 aromatic heterocycles. The number of aryl methyl sites for hydroxylation is 1. The van der Waals surface area contributed by atoms with Crippen LogP contribution in [0.2, 0.25) is 0 Å². The van der Waals surface area contributed by atoms with E-state index in [0.717, 1.165) is 67.7 Å². The number of aromatic nitrogens is 1. The number of hydrogen-bond acceptors (Lipinski definition) is 9. The van der Waals surface area contributed by atoms with Gasteiger partial charge in [0.1, 0.15) is 0 Å². The van der Waals surface area contributed by atoms with Gasteiger partial charge < -0.3 is 5.32 Å². The Morgan fingerprint density at radius 3 is 1.84 bits per heavy atom. The van der Waals surface area contributed by atoms with Crippen LogP contribution in [0.15, 0.2) is 133 Å². The van der Waals surface area contributed by atoms with Crippen LogP contribution in [0.5, 0.6) is 0 Å². The average Bonchev–Trinajstić information content (AvgIpc) is 3.57. The summed E-state index contributed by atoms with van der Waals surface area (Å²) >= 11 is 1.44. The molecule has 1 N–H and O–H groups in total. The third kappa shape index (κ3) is 6.37. The number of nitrogens with zero attached hydrogens (tertiary/aromatic N) is 7. The summed E-state index contributed by atoms with van der Waals surface area (Å²) in [6, 6.07) is 30.4. The lowest BCUT2D eigenvalue weighted by atomic mass is 10.1. The van der Waals surface area contributed by atoms with Crippen molar-refractivity contribution in [3.8, 4) is 0 Å². The summed E-state index contributed by atoms with van der Waals surface area (Å²) in [5.74, 6) is 0. The number of fused-ring (bicyclic) bond motifs is 2. The number of azo groups is 3. The largest absolute Gasteiger partial charge is 0.382 e. The van der Waals surface area contributed by atoms with Gasteiger partial charge >= 0.3 is 0 Å². The van der Waals surface area contributed by atoms with E-state index >= 15 is 0 Å². The quantitative estimate of drug-likeness (QED) is 0.171. The molecule has 0 aliphatic heterocycles. The van der Waals surface area contributed by atoms with Gasteiger partial charge in [-0.3, -0.25) is 0 Å². The minimum Gasteiger partial charge on any atom is -0.382 e. The maximum Gasteiger partial charge on any atom is 0.229 e. The maximum atomic E-state index is 4.69. The average molecular weight is 583 g/mol. The van der Waals surface area contributed by atoms with E-state index in [0.29, 0.717) is 11.2 Å². The zero-order valence-corrected chi connectivity index (χ0v) is 25.0. The highest BCUT2D eigenvalue weighted by Gasteiger charge is 2.09. The van der Waals surface area contributed by atoms with Crippen LogP contribution in [0.25, 0.3) is 21.5 Å². The van der Waals surface area contributed by atoms with E-state index in [1.807, 2.05) is 79.0 Å². The highest BCUT2D eigenvalue weighted by atomic mass is 32.1. The van der Waals surface area contributed by atoms with Crippen LogP contribution in [0, 0.1) is 6.92 Å². The summed E-state index contributed by atoms with van der Waals surface area (Å²) in [5.41, 5.74) is 5.91. The molecule has 1 atom stereocenters. The van der Waals surface area contributed by atoms with Crippen LogP contribution < -0.4 is 5.32 Å². The van der Waals surface area contributed by atoms with Crippen LogP contribution in [-0.4, -0.2) is 11.0 Å². The van der Waals surface area contributed by atoms with Crippen molar-refractivity contribution in [3.05, 3.63) is 108 Å². The number of anilines is 1. The highest BCUT2D eigenvalue weighted by molar-refractivity contribution is 7.13. The summed E-state index contributed by atoms with van der Waals surface area (Å²) < 4.78 is 0. The smallest absolute Gasteiger partial charge is 0.229 e. The van der Waals surface area contributed by atoms with Crippen molar-refractivity contribution < 1.29 is 0 Å². The van der Waals surface area contributed by atoms with Crippen LogP contribution in [0.3, 0.4) is 0 Å². The van der Waals surface area contributed by atoms with E-state index in [2.05, 4.69) is 74.0 Å². The van der Waals surface area contributed by atoms with Crippen molar-refractivity contribution in [3.63, 3.8) is 0 Å². The fraction of sp³-hybridized carbons (Fsp3) is 0.147. The van der Waals surface area contributed by atoms with E-state index in [9.17, 15) is 0 Å². The first kappa shape index (κ1) is 28.0. The molecule has 212 valence electrons. The minimum absolute atomic E-state index is 0.382. The Hall–Kier alpha value is -5.15. The molecular weight excluding hydrogens is 552 g/mol. The summed E-state index contributed by atoms with van der Waals surface area (Å²) in [4.78, 5) is 4.14. The molecule has 0 aliphatic carbocycles. The second-order valence-electron chi connectivity index (χ2n) is 10.2. The summed E-state index contributed by atoms with van der Waals surface area (Å²) in [7, 11) is 0. The number of hydrogen-bond donors (Lipinski definition) is 1. The van der Waals surface area contributed by atoms with Crippen molar-refractivity contribution in [2.45, 2.75) is 33.2 Å². The Morgan fingerprint density at radius 1 is 0.674 bits per heavy atom. The first-order valence-corrected chi connectivity index (χ1v) is 15.0. The molecule has 5 aromatic carbocycles. The Labute approximate surface area is 254 Å². The van der Waals surface area contributed by atoms with Crippen molar-refractivity contribution in [1.82, 2.24) is 4.98 Å². The van der Waals surface area contributed by atoms with E-state index in [1.165, 1.54) is 11.3 Å². The monoisotopic (exact) mass is 582 g/mol. The molecule has 0 amide bonds. The first-order chi connectivity index (χ1) is 21.1. The molecule has 0 bridgehead atoms. The van der Waals surface area contributed by atoms with E-state index in [4.69, 9.17) is 5.11 Å².